The molecule has 0 saturated carbocycles. The van der Waals surface area contributed by atoms with Crippen LogP contribution in [0.2, 0.25) is 0 Å². The highest BCUT2D eigenvalue weighted by molar-refractivity contribution is 5.78. The first-order valence-corrected chi connectivity index (χ1v) is 6.34. The topological polar surface area (TPSA) is 50.4 Å². The Labute approximate surface area is 113 Å². The van der Waals surface area contributed by atoms with Crippen molar-refractivity contribution < 1.29 is 13.9 Å². The van der Waals surface area contributed by atoms with Gasteiger partial charge in [0, 0.05) is 0 Å². The van der Waals surface area contributed by atoms with E-state index in [4.69, 9.17) is 4.74 Å². The Hall–Kier alpha value is -1.62. The van der Waals surface area contributed by atoms with Crippen molar-refractivity contribution in [1.29, 1.82) is 0 Å². The average molecular weight is 268 g/mol. The van der Waals surface area contributed by atoms with E-state index in [0.717, 1.165) is 0 Å². The second-order valence-electron chi connectivity index (χ2n) is 4.68. The molecule has 1 rings (SSSR count). The molecule has 0 spiro atoms. The Morgan fingerprint density at radius 2 is 2.05 bits per heavy atom. The molecule has 1 atom stereocenters. The molecule has 0 aliphatic heterocycles. The number of carbonyl (C=O) groups is 1. The lowest BCUT2D eigenvalue weighted by molar-refractivity contribution is -0.120. The number of halogens is 1. The maximum Gasteiger partial charge on any atom is 0.234 e. The normalized spacial score (nSPS) is 12.3. The molecule has 0 aliphatic carbocycles. The molecule has 0 saturated heterocycles. The van der Waals surface area contributed by atoms with Gasteiger partial charge in [0.2, 0.25) is 5.91 Å². The summed E-state index contributed by atoms with van der Waals surface area (Å²) in [6, 6.07) is 4.49. The van der Waals surface area contributed by atoms with Gasteiger partial charge in [-0.15, -0.1) is 0 Å². The minimum atomic E-state index is -0.416. The van der Waals surface area contributed by atoms with E-state index in [2.05, 4.69) is 10.6 Å². The number of amides is 1. The summed E-state index contributed by atoms with van der Waals surface area (Å²) in [4.78, 5) is 11.4. The molecule has 0 radical (unpaired) electrons. The molecule has 0 fully saturated rings. The third-order valence-electron chi connectivity index (χ3n) is 2.53. The first kappa shape index (κ1) is 15.4. The molecule has 0 aromatic heterocycles. The standard InChI is InChI=1S/C14H21FN2O2/c1-9(2)19-13-6-5-11(7-12(13)15)10(3)17-14(18)8-16-4/h5-7,9-10,16H,8H2,1-4H3,(H,17,18). The van der Waals surface area contributed by atoms with Crippen LogP contribution in [-0.4, -0.2) is 25.6 Å². The number of hydrogen-bond donors (Lipinski definition) is 2. The first-order chi connectivity index (χ1) is 8.93. The molecule has 0 bridgehead atoms. The predicted molar refractivity (Wildman–Crippen MR) is 72.6 cm³/mol. The second kappa shape index (κ2) is 7.09. The van der Waals surface area contributed by atoms with Gasteiger partial charge in [-0.25, -0.2) is 4.39 Å². The maximum atomic E-state index is 13.8. The molecule has 4 nitrogen and oxygen atoms in total. The SMILES string of the molecule is CNCC(=O)NC(C)c1ccc(OC(C)C)c(F)c1. The van der Waals surface area contributed by atoms with Crippen LogP contribution in [0.4, 0.5) is 4.39 Å². The van der Waals surface area contributed by atoms with Crippen molar-refractivity contribution in [2.45, 2.75) is 32.9 Å². The van der Waals surface area contributed by atoms with Gasteiger partial charge in [0.25, 0.3) is 0 Å². The van der Waals surface area contributed by atoms with E-state index >= 15 is 0 Å². The quantitative estimate of drug-likeness (QED) is 0.829. The minimum absolute atomic E-state index is 0.0758. The fraction of sp³-hybridized carbons (Fsp3) is 0.500. The molecule has 0 heterocycles. The van der Waals surface area contributed by atoms with Gasteiger partial charge in [-0.3, -0.25) is 4.79 Å². The van der Waals surface area contributed by atoms with Crippen molar-refractivity contribution in [1.82, 2.24) is 10.6 Å². The van der Waals surface area contributed by atoms with Crippen LogP contribution in [0.15, 0.2) is 18.2 Å². The lowest BCUT2D eigenvalue weighted by atomic mass is 10.1. The molecule has 19 heavy (non-hydrogen) atoms. The fourth-order valence-electron chi connectivity index (χ4n) is 1.67. The Kier molecular flexibility index (Phi) is 5.76. The third-order valence-corrected chi connectivity index (χ3v) is 2.53. The van der Waals surface area contributed by atoms with Crippen LogP contribution >= 0.6 is 0 Å². The van der Waals surface area contributed by atoms with Gasteiger partial charge in [-0.05, 0) is 45.5 Å². The van der Waals surface area contributed by atoms with Gasteiger partial charge in [0.05, 0.1) is 18.7 Å². The van der Waals surface area contributed by atoms with E-state index in [1.165, 1.54) is 6.07 Å². The summed E-state index contributed by atoms with van der Waals surface area (Å²) < 4.78 is 19.1. The van der Waals surface area contributed by atoms with E-state index in [-0.39, 0.29) is 30.3 Å². The smallest absolute Gasteiger partial charge is 0.234 e. The number of nitrogens with one attached hydrogen (secondary N) is 2. The molecule has 1 aromatic rings. The molecular weight excluding hydrogens is 247 g/mol. The van der Waals surface area contributed by atoms with E-state index in [9.17, 15) is 9.18 Å². The molecule has 1 unspecified atom stereocenters. The number of carbonyl (C=O) groups excluding carboxylic acids is 1. The lowest BCUT2D eigenvalue weighted by Crippen LogP contribution is -2.33. The summed E-state index contributed by atoms with van der Waals surface area (Å²) >= 11 is 0. The highest BCUT2D eigenvalue weighted by Gasteiger charge is 2.12. The van der Waals surface area contributed by atoms with Crippen molar-refractivity contribution >= 4 is 5.91 Å². The van der Waals surface area contributed by atoms with Crippen molar-refractivity contribution in [2.24, 2.45) is 0 Å². The van der Waals surface area contributed by atoms with Crippen LogP contribution in [0, 0.1) is 5.82 Å². The minimum Gasteiger partial charge on any atom is -0.488 e. The van der Waals surface area contributed by atoms with Gasteiger partial charge >= 0.3 is 0 Å². The van der Waals surface area contributed by atoms with Crippen LogP contribution in [-0.2, 0) is 4.79 Å². The van der Waals surface area contributed by atoms with Crippen molar-refractivity contribution in [3.05, 3.63) is 29.6 Å². The summed E-state index contributed by atoms with van der Waals surface area (Å²) in [6.45, 7) is 5.73. The number of ether oxygens (including phenoxy) is 1. The van der Waals surface area contributed by atoms with Crippen molar-refractivity contribution in [3.63, 3.8) is 0 Å². The van der Waals surface area contributed by atoms with Gasteiger partial charge in [0.15, 0.2) is 11.6 Å². The summed E-state index contributed by atoms with van der Waals surface area (Å²) in [5.74, 6) is -0.314. The van der Waals surface area contributed by atoms with Gasteiger partial charge in [-0.2, -0.15) is 0 Å². The zero-order chi connectivity index (χ0) is 14.4. The summed E-state index contributed by atoms with van der Waals surface area (Å²) in [7, 11) is 1.70. The number of likely N-dealkylation sites (N-methyl/N-ethyl adjacent to an activating group) is 1. The monoisotopic (exact) mass is 268 g/mol. The summed E-state index contributed by atoms with van der Waals surface area (Å²) in [5, 5.41) is 5.54. The van der Waals surface area contributed by atoms with Gasteiger partial charge in [-0.1, -0.05) is 6.07 Å². The number of rotatable bonds is 6. The van der Waals surface area contributed by atoms with Crippen LogP contribution in [0.5, 0.6) is 5.75 Å². The van der Waals surface area contributed by atoms with Gasteiger partial charge in [0.1, 0.15) is 0 Å². The summed E-state index contributed by atoms with van der Waals surface area (Å²) in [6.07, 6.45) is -0.0758. The van der Waals surface area contributed by atoms with Crippen LogP contribution < -0.4 is 15.4 Å². The molecule has 1 amide bonds. The molecule has 0 aliphatic rings. The zero-order valence-electron chi connectivity index (χ0n) is 11.8. The highest BCUT2D eigenvalue weighted by atomic mass is 19.1. The largest absolute Gasteiger partial charge is 0.488 e. The predicted octanol–water partition coefficient (Wildman–Crippen LogP) is 2.01. The Balaban J connectivity index is 2.74. The molecule has 106 valence electrons. The molecular formula is C14H21FN2O2. The zero-order valence-corrected chi connectivity index (χ0v) is 11.8. The maximum absolute atomic E-state index is 13.8. The Morgan fingerprint density at radius 1 is 1.37 bits per heavy atom. The van der Waals surface area contributed by atoms with E-state index < -0.39 is 5.82 Å². The molecule has 2 N–H and O–H groups in total. The third kappa shape index (κ3) is 4.87. The Morgan fingerprint density at radius 3 is 2.58 bits per heavy atom. The lowest BCUT2D eigenvalue weighted by Gasteiger charge is -2.16. The van der Waals surface area contributed by atoms with Crippen LogP contribution in [0.1, 0.15) is 32.4 Å². The summed E-state index contributed by atoms with van der Waals surface area (Å²) in [5.41, 5.74) is 0.707. The highest BCUT2D eigenvalue weighted by Crippen LogP contribution is 2.22. The Bertz CT molecular complexity index is 435. The van der Waals surface area contributed by atoms with Crippen molar-refractivity contribution in [2.75, 3.05) is 13.6 Å². The van der Waals surface area contributed by atoms with E-state index in [0.29, 0.717) is 5.56 Å². The van der Waals surface area contributed by atoms with Crippen molar-refractivity contribution in [3.8, 4) is 5.75 Å². The van der Waals surface area contributed by atoms with E-state index in [1.807, 2.05) is 20.8 Å². The fourth-order valence-corrected chi connectivity index (χ4v) is 1.67. The number of benzene rings is 1. The van der Waals surface area contributed by atoms with Crippen LogP contribution in [0.25, 0.3) is 0 Å². The van der Waals surface area contributed by atoms with Crippen LogP contribution in [0.3, 0.4) is 0 Å². The van der Waals surface area contributed by atoms with Gasteiger partial charge < -0.3 is 15.4 Å². The molecule has 1 aromatic carbocycles. The molecule has 5 heteroatoms. The second-order valence-corrected chi connectivity index (χ2v) is 4.68. The number of hydrogen-bond acceptors (Lipinski definition) is 3. The van der Waals surface area contributed by atoms with E-state index in [1.54, 1.807) is 19.2 Å². The first-order valence-electron chi connectivity index (χ1n) is 6.34. The average Bonchev–Trinajstić information content (AvgIpc) is 2.31.